The fourth-order valence-corrected chi connectivity index (χ4v) is 3.82. The lowest BCUT2D eigenvalue weighted by Crippen LogP contribution is -2.13. The van der Waals surface area contributed by atoms with Crippen molar-refractivity contribution >= 4 is 28.7 Å². The number of hydrogen-bond acceptors (Lipinski definition) is 6. The van der Waals surface area contributed by atoms with E-state index in [1.807, 2.05) is 23.6 Å². The maximum absolute atomic E-state index is 11.6. The Labute approximate surface area is 189 Å². The van der Waals surface area contributed by atoms with E-state index in [1.54, 1.807) is 24.4 Å². The topological polar surface area (TPSA) is 109 Å². The van der Waals surface area contributed by atoms with Gasteiger partial charge < -0.3 is 15.0 Å². The molecule has 162 valence electrons. The van der Waals surface area contributed by atoms with E-state index < -0.39 is 5.91 Å². The number of amides is 1. The number of nitrogens with zero attached hydrogens (tertiary/aromatic N) is 5. The number of halogens is 1. The summed E-state index contributed by atoms with van der Waals surface area (Å²) in [5, 5.41) is 0.361. The van der Waals surface area contributed by atoms with Crippen molar-refractivity contribution in [1.82, 2.24) is 24.5 Å². The van der Waals surface area contributed by atoms with E-state index in [-0.39, 0.29) is 5.60 Å². The Bertz CT molecular complexity index is 1360. The number of aromatic nitrogens is 5. The lowest BCUT2D eigenvalue weighted by atomic mass is 10.1. The van der Waals surface area contributed by atoms with Crippen LogP contribution in [0.25, 0.3) is 22.6 Å². The highest BCUT2D eigenvalue weighted by atomic mass is 35.5. The van der Waals surface area contributed by atoms with Crippen molar-refractivity contribution < 1.29 is 9.53 Å². The molecule has 1 aliphatic carbocycles. The summed E-state index contributed by atoms with van der Waals surface area (Å²) in [6.07, 6.45) is 5.20. The Morgan fingerprint density at radius 3 is 2.72 bits per heavy atom. The number of primary amides is 1. The number of benzene rings is 1. The first-order chi connectivity index (χ1) is 15.3. The van der Waals surface area contributed by atoms with E-state index in [0.29, 0.717) is 45.6 Å². The maximum Gasteiger partial charge on any atom is 0.248 e. The lowest BCUT2D eigenvalue weighted by Gasteiger charge is -2.12. The molecule has 2 N–H and O–H groups in total. The van der Waals surface area contributed by atoms with Gasteiger partial charge in [-0.15, -0.1) is 0 Å². The lowest BCUT2D eigenvalue weighted by molar-refractivity contribution is 0.100. The van der Waals surface area contributed by atoms with E-state index in [0.717, 1.165) is 24.1 Å². The average molecular weight is 449 g/mol. The molecule has 0 unspecified atom stereocenters. The van der Waals surface area contributed by atoms with Crippen LogP contribution in [-0.2, 0) is 6.54 Å². The summed E-state index contributed by atoms with van der Waals surface area (Å²) < 4.78 is 8.08. The zero-order valence-electron chi connectivity index (χ0n) is 17.7. The van der Waals surface area contributed by atoms with Gasteiger partial charge in [-0.3, -0.25) is 9.78 Å². The Balaban J connectivity index is 1.69. The normalized spacial score (nSPS) is 14.5. The van der Waals surface area contributed by atoms with Gasteiger partial charge in [0, 0.05) is 17.3 Å². The number of ether oxygens (including phenoxy) is 1. The van der Waals surface area contributed by atoms with Gasteiger partial charge in [0.15, 0.2) is 11.2 Å². The third kappa shape index (κ3) is 3.78. The number of hydrogen-bond donors (Lipinski definition) is 1. The van der Waals surface area contributed by atoms with E-state index in [9.17, 15) is 4.79 Å². The number of pyridine rings is 1. The van der Waals surface area contributed by atoms with Crippen molar-refractivity contribution in [2.75, 3.05) is 0 Å². The van der Waals surface area contributed by atoms with Gasteiger partial charge in [-0.1, -0.05) is 11.6 Å². The van der Waals surface area contributed by atoms with Crippen LogP contribution in [0.3, 0.4) is 0 Å². The van der Waals surface area contributed by atoms with Crippen LogP contribution in [0.1, 0.15) is 41.4 Å². The van der Waals surface area contributed by atoms with Crippen LogP contribution in [0, 0.1) is 6.92 Å². The molecule has 32 heavy (non-hydrogen) atoms. The van der Waals surface area contributed by atoms with E-state index in [4.69, 9.17) is 27.1 Å². The summed E-state index contributed by atoms with van der Waals surface area (Å²) in [5.74, 6) is 0.475. The Hall–Kier alpha value is -3.52. The molecule has 0 radical (unpaired) electrons. The molecule has 8 nitrogen and oxygen atoms in total. The first-order valence-corrected chi connectivity index (χ1v) is 10.6. The predicted molar refractivity (Wildman–Crippen MR) is 121 cm³/mol. The molecule has 4 aromatic rings. The van der Waals surface area contributed by atoms with Crippen molar-refractivity contribution in [3.05, 3.63) is 64.7 Å². The van der Waals surface area contributed by atoms with Gasteiger partial charge >= 0.3 is 0 Å². The zero-order chi connectivity index (χ0) is 22.5. The minimum Gasteiger partial charge on any atom is -0.470 e. The standard InChI is InChI=1S/C23H21ClN6O2/c1-13-5-8-26-15(9-13)11-30-20(16-4-3-14(19(25)31)10-17(16)24)29-18-21(30)27-12-28-22(18)32-23(2)6-7-23/h3-5,8-10,12H,6-7,11H2,1-2H3,(H2,25,31). The zero-order valence-corrected chi connectivity index (χ0v) is 18.4. The quantitative estimate of drug-likeness (QED) is 0.478. The van der Waals surface area contributed by atoms with E-state index >= 15 is 0 Å². The number of fused-ring (bicyclic) bond motifs is 1. The fraction of sp³-hybridized carbons (Fsp3) is 0.261. The average Bonchev–Trinajstić information content (AvgIpc) is 3.37. The van der Waals surface area contributed by atoms with E-state index in [1.165, 1.54) is 6.33 Å². The summed E-state index contributed by atoms with van der Waals surface area (Å²) >= 11 is 6.55. The van der Waals surface area contributed by atoms with Crippen LogP contribution < -0.4 is 10.5 Å². The molecular weight excluding hydrogens is 428 g/mol. The Morgan fingerprint density at radius 1 is 1.22 bits per heavy atom. The maximum atomic E-state index is 11.6. The summed E-state index contributed by atoms with van der Waals surface area (Å²) in [4.78, 5) is 29.7. The number of rotatable bonds is 6. The highest BCUT2D eigenvalue weighted by molar-refractivity contribution is 6.33. The fourth-order valence-electron chi connectivity index (χ4n) is 3.55. The van der Waals surface area contributed by atoms with Crippen LogP contribution in [0.4, 0.5) is 0 Å². The Morgan fingerprint density at radius 2 is 2.03 bits per heavy atom. The smallest absolute Gasteiger partial charge is 0.248 e. The summed E-state index contributed by atoms with van der Waals surface area (Å²) in [7, 11) is 0. The first kappa shape index (κ1) is 20.4. The third-order valence-electron chi connectivity index (χ3n) is 5.58. The van der Waals surface area contributed by atoms with Gasteiger partial charge in [-0.05, 0) is 62.6 Å². The molecule has 1 fully saturated rings. The third-order valence-corrected chi connectivity index (χ3v) is 5.90. The van der Waals surface area contributed by atoms with Crippen LogP contribution in [0.15, 0.2) is 42.9 Å². The molecule has 3 heterocycles. The summed E-state index contributed by atoms with van der Waals surface area (Å²) in [5.41, 5.74) is 9.28. The molecule has 0 saturated heterocycles. The monoisotopic (exact) mass is 448 g/mol. The highest BCUT2D eigenvalue weighted by Gasteiger charge is 2.41. The van der Waals surface area contributed by atoms with Gasteiger partial charge in [0.2, 0.25) is 11.8 Å². The molecule has 1 aromatic carbocycles. The van der Waals surface area contributed by atoms with Gasteiger partial charge in [-0.25, -0.2) is 9.97 Å². The Kier molecular flexibility index (Phi) is 4.82. The second-order valence-electron chi connectivity index (χ2n) is 8.31. The van der Waals surface area contributed by atoms with Crippen molar-refractivity contribution in [3.63, 3.8) is 0 Å². The molecule has 9 heteroatoms. The summed E-state index contributed by atoms with van der Waals surface area (Å²) in [6, 6.07) is 8.87. The van der Waals surface area contributed by atoms with Crippen molar-refractivity contribution in [3.8, 4) is 17.3 Å². The first-order valence-electron chi connectivity index (χ1n) is 10.2. The van der Waals surface area contributed by atoms with Crippen molar-refractivity contribution in [1.29, 1.82) is 0 Å². The molecule has 1 aliphatic rings. The molecule has 0 atom stereocenters. The van der Waals surface area contributed by atoms with Crippen LogP contribution in [-0.4, -0.2) is 36.0 Å². The molecule has 1 amide bonds. The molecule has 5 rings (SSSR count). The number of carbonyl (C=O) groups excluding carboxylic acids is 1. The minimum atomic E-state index is -0.546. The van der Waals surface area contributed by atoms with Gasteiger partial charge in [0.1, 0.15) is 17.8 Å². The van der Waals surface area contributed by atoms with Crippen LogP contribution in [0.2, 0.25) is 5.02 Å². The SMILES string of the molecule is Cc1ccnc(Cn2c(-c3ccc(C(N)=O)cc3Cl)nc3c(OC4(C)CC4)ncnc32)c1. The molecule has 1 saturated carbocycles. The number of imidazole rings is 1. The van der Waals surface area contributed by atoms with Gasteiger partial charge in [0.05, 0.1) is 17.3 Å². The second-order valence-corrected chi connectivity index (χ2v) is 8.72. The number of aryl methyl sites for hydroxylation is 1. The van der Waals surface area contributed by atoms with Gasteiger partial charge in [-0.2, -0.15) is 4.98 Å². The van der Waals surface area contributed by atoms with E-state index in [2.05, 4.69) is 21.9 Å². The molecule has 0 spiro atoms. The number of carbonyl (C=O) groups is 1. The largest absolute Gasteiger partial charge is 0.470 e. The van der Waals surface area contributed by atoms with Crippen LogP contribution >= 0.6 is 11.6 Å². The highest BCUT2D eigenvalue weighted by Crippen LogP contribution is 2.41. The second kappa shape index (κ2) is 7.56. The van der Waals surface area contributed by atoms with Crippen molar-refractivity contribution in [2.24, 2.45) is 5.73 Å². The molecule has 0 bridgehead atoms. The molecular formula is C23H21ClN6O2. The molecule has 0 aliphatic heterocycles. The van der Waals surface area contributed by atoms with Crippen LogP contribution in [0.5, 0.6) is 5.88 Å². The summed E-state index contributed by atoms with van der Waals surface area (Å²) in [6.45, 7) is 4.49. The molecule has 3 aromatic heterocycles. The van der Waals surface area contributed by atoms with Crippen molar-refractivity contribution in [2.45, 2.75) is 38.8 Å². The minimum absolute atomic E-state index is 0.218. The van der Waals surface area contributed by atoms with Gasteiger partial charge in [0.25, 0.3) is 0 Å². The predicted octanol–water partition coefficient (Wildman–Crippen LogP) is 3.93. The number of nitrogens with two attached hydrogens (primary N) is 1.